The van der Waals surface area contributed by atoms with Crippen LogP contribution in [0.25, 0.3) is 0 Å². The van der Waals surface area contributed by atoms with Crippen LogP contribution in [0.15, 0.2) is 24.3 Å². The number of benzene rings is 1. The molecule has 0 aromatic heterocycles. The smallest absolute Gasteiger partial charge is 0.423 e. The van der Waals surface area contributed by atoms with Gasteiger partial charge >= 0.3 is 7.12 Å². The Balaban J connectivity index is 2.85. The van der Waals surface area contributed by atoms with Gasteiger partial charge in [0.25, 0.3) is 0 Å². The summed E-state index contributed by atoms with van der Waals surface area (Å²) < 4.78 is 15.5. The first-order valence-electron chi connectivity index (χ1n) is 3.57. The summed E-state index contributed by atoms with van der Waals surface area (Å²) in [6.07, 6.45) is 1.39. The Labute approximate surface area is 79.0 Å². The van der Waals surface area contributed by atoms with Crippen LogP contribution in [0.1, 0.15) is 0 Å². The van der Waals surface area contributed by atoms with Crippen LogP contribution in [-0.4, -0.2) is 27.6 Å². The summed E-state index contributed by atoms with van der Waals surface area (Å²) in [7, 11) is -1.53. The highest BCUT2D eigenvalue weighted by molar-refractivity contribution is 7.79. The van der Waals surface area contributed by atoms with E-state index in [4.69, 9.17) is 14.2 Å². The second-order valence-electron chi connectivity index (χ2n) is 2.43. The summed E-state index contributed by atoms with van der Waals surface area (Å²) in [5.41, 5.74) is 0.308. The molecule has 0 fully saturated rings. The van der Waals surface area contributed by atoms with Gasteiger partial charge in [-0.2, -0.15) is 0 Å². The predicted octanol–water partition coefficient (Wildman–Crippen LogP) is -0.961. The molecule has 0 spiro atoms. The summed E-state index contributed by atoms with van der Waals surface area (Å²) in [5.74, 6) is 0.353. The Morgan fingerprint density at radius 1 is 1.46 bits per heavy atom. The Hall–Kier alpha value is -0.845. The molecular formula is C7H9BO4S. The molecule has 0 radical (unpaired) electrons. The van der Waals surface area contributed by atoms with E-state index in [1.54, 1.807) is 12.1 Å². The maximum Gasteiger partial charge on any atom is 0.488 e. The van der Waals surface area contributed by atoms with E-state index < -0.39 is 18.2 Å². The second-order valence-corrected chi connectivity index (χ2v) is 3.40. The molecule has 4 nitrogen and oxygen atoms in total. The summed E-state index contributed by atoms with van der Waals surface area (Å²) >= 11 is -1.40. The van der Waals surface area contributed by atoms with Crippen molar-refractivity contribution < 1.29 is 18.4 Å². The summed E-state index contributed by atoms with van der Waals surface area (Å²) in [4.78, 5) is 0. The van der Waals surface area contributed by atoms with E-state index in [0.717, 1.165) is 0 Å². The predicted molar refractivity (Wildman–Crippen MR) is 51.0 cm³/mol. The van der Waals surface area contributed by atoms with Crippen LogP contribution < -0.4 is 9.65 Å². The topological polar surface area (TPSA) is 66.8 Å². The van der Waals surface area contributed by atoms with E-state index >= 15 is 0 Å². The van der Waals surface area contributed by atoms with Gasteiger partial charge in [0.05, 0.1) is 0 Å². The lowest BCUT2D eigenvalue weighted by molar-refractivity contribution is 0.425. The zero-order valence-corrected chi connectivity index (χ0v) is 7.82. The third-order valence-electron chi connectivity index (χ3n) is 1.37. The molecule has 0 amide bonds. The first kappa shape index (κ1) is 10.2. The van der Waals surface area contributed by atoms with Crippen molar-refractivity contribution in [1.29, 1.82) is 0 Å². The van der Waals surface area contributed by atoms with Gasteiger partial charge in [-0.3, -0.25) is 0 Å². The normalized spacial score (nSPS) is 12.2. The first-order chi connectivity index (χ1) is 6.09. The minimum absolute atomic E-state index is 0.308. The quantitative estimate of drug-likeness (QED) is 0.616. The summed E-state index contributed by atoms with van der Waals surface area (Å²) in [6.45, 7) is 0. The van der Waals surface area contributed by atoms with Crippen LogP contribution in [-0.2, 0) is 11.1 Å². The third kappa shape index (κ3) is 3.18. The fourth-order valence-electron chi connectivity index (χ4n) is 0.862. The molecule has 0 bridgehead atoms. The Morgan fingerprint density at radius 2 is 2.15 bits per heavy atom. The van der Waals surface area contributed by atoms with Crippen LogP contribution >= 0.6 is 0 Å². The van der Waals surface area contributed by atoms with Crippen LogP contribution in [0.4, 0.5) is 0 Å². The Morgan fingerprint density at radius 3 is 2.69 bits per heavy atom. The lowest BCUT2D eigenvalue weighted by Gasteiger charge is -2.03. The lowest BCUT2D eigenvalue weighted by Crippen LogP contribution is -2.29. The van der Waals surface area contributed by atoms with Crippen molar-refractivity contribution in [3.63, 3.8) is 0 Å². The molecule has 70 valence electrons. The lowest BCUT2D eigenvalue weighted by atomic mass is 9.80. The van der Waals surface area contributed by atoms with Gasteiger partial charge in [-0.05, 0) is 17.6 Å². The molecular weight excluding hydrogens is 191 g/mol. The van der Waals surface area contributed by atoms with E-state index in [2.05, 4.69) is 0 Å². The molecule has 6 heteroatoms. The SMILES string of the molecule is CS(=O)Oc1cccc(B(O)O)c1. The number of rotatable bonds is 3. The fraction of sp³-hybridized carbons (Fsp3) is 0.143. The highest BCUT2D eigenvalue weighted by Crippen LogP contribution is 2.08. The van der Waals surface area contributed by atoms with E-state index in [9.17, 15) is 4.21 Å². The van der Waals surface area contributed by atoms with Crippen molar-refractivity contribution in [2.24, 2.45) is 0 Å². The molecule has 1 rings (SSSR count). The molecule has 0 aliphatic heterocycles. The zero-order valence-electron chi connectivity index (χ0n) is 7.01. The Bertz CT molecular complexity index is 315. The molecule has 1 aromatic carbocycles. The molecule has 0 saturated carbocycles. The zero-order chi connectivity index (χ0) is 9.84. The molecule has 1 aromatic rings. The molecule has 0 saturated heterocycles. The molecule has 2 N–H and O–H groups in total. The van der Waals surface area contributed by atoms with Crippen molar-refractivity contribution in [2.75, 3.05) is 6.26 Å². The molecule has 1 atom stereocenters. The average Bonchev–Trinajstić information content (AvgIpc) is 2.03. The maximum atomic E-state index is 10.7. The monoisotopic (exact) mass is 200 g/mol. The summed E-state index contributed by atoms with van der Waals surface area (Å²) in [6, 6.07) is 6.15. The highest BCUT2D eigenvalue weighted by atomic mass is 32.2. The van der Waals surface area contributed by atoms with Gasteiger partial charge in [0, 0.05) is 6.26 Å². The van der Waals surface area contributed by atoms with E-state index in [-0.39, 0.29) is 0 Å². The first-order valence-corrected chi connectivity index (χ1v) is 5.06. The van der Waals surface area contributed by atoms with Gasteiger partial charge in [-0.1, -0.05) is 12.1 Å². The molecule has 13 heavy (non-hydrogen) atoms. The van der Waals surface area contributed by atoms with Crippen molar-refractivity contribution in [3.05, 3.63) is 24.3 Å². The van der Waals surface area contributed by atoms with Crippen molar-refractivity contribution in [1.82, 2.24) is 0 Å². The van der Waals surface area contributed by atoms with Crippen molar-refractivity contribution in [3.8, 4) is 5.75 Å². The number of hydrogen-bond donors (Lipinski definition) is 2. The van der Waals surface area contributed by atoms with Crippen molar-refractivity contribution >= 4 is 23.7 Å². The van der Waals surface area contributed by atoms with E-state index in [1.807, 2.05) is 0 Å². The van der Waals surface area contributed by atoms with Gasteiger partial charge in [0.1, 0.15) is 5.75 Å². The summed E-state index contributed by atoms with van der Waals surface area (Å²) in [5, 5.41) is 17.6. The third-order valence-corrected chi connectivity index (χ3v) is 1.80. The van der Waals surface area contributed by atoms with Crippen LogP contribution in [0.5, 0.6) is 5.75 Å². The standard InChI is InChI=1S/C7H9BO4S/c1-13(11)12-7-4-2-3-6(5-7)8(9)10/h2-5,9-10H,1H3. The van der Waals surface area contributed by atoms with Gasteiger partial charge in [-0.25, -0.2) is 4.21 Å². The van der Waals surface area contributed by atoms with Crippen LogP contribution in [0.2, 0.25) is 0 Å². The van der Waals surface area contributed by atoms with E-state index in [1.165, 1.54) is 18.4 Å². The van der Waals surface area contributed by atoms with Gasteiger partial charge < -0.3 is 14.2 Å². The molecule has 1 unspecified atom stereocenters. The Kier molecular flexibility index (Phi) is 3.47. The van der Waals surface area contributed by atoms with Gasteiger partial charge in [-0.15, -0.1) is 0 Å². The number of hydrogen-bond acceptors (Lipinski definition) is 4. The largest absolute Gasteiger partial charge is 0.488 e. The molecule has 0 aliphatic rings. The minimum atomic E-state index is -1.53. The van der Waals surface area contributed by atoms with E-state index in [0.29, 0.717) is 11.2 Å². The van der Waals surface area contributed by atoms with Gasteiger partial charge in [0.15, 0.2) is 0 Å². The highest BCUT2D eigenvalue weighted by Gasteiger charge is 2.11. The van der Waals surface area contributed by atoms with Gasteiger partial charge in [0.2, 0.25) is 11.1 Å². The minimum Gasteiger partial charge on any atom is -0.423 e. The van der Waals surface area contributed by atoms with Crippen LogP contribution in [0.3, 0.4) is 0 Å². The maximum absolute atomic E-state index is 10.7. The molecule has 0 aliphatic carbocycles. The average molecular weight is 200 g/mol. The fourth-order valence-corrected chi connectivity index (χ4v) is 1.24. The molecule has 0 heterocycles. The second kappa shape index (κ2) is 4.41. The van der Waals surface area contributed by atoms with Crippen molar-refractivity contribution in [2.45, 2.75) is 0 Å². The van der Waals surface area contributed by atoms with Crippen LogP contribution in [0, 0.1) is 0 Å².